The number of hydrogen-bond donors (Lipinski definition) is 0. The Kier molecular flexibility index (Phi) is 3.19. The molecule has 2 heteroatoms. The third-order valence-electron chi connectivity index (χ3n) is 3.73. The number of halogens is 1. The van der Waals surface area contributed by atoms with Crippen LogP contribution in [0.2, 0.25) is 0 Å². The average Bonchev–Trinajstić information content (AvgIpc) is 2.79. The molecular formula is C17H16BrN. The van der Waals surface area contributed by atoms with Crippen molar-refractivity contribution in [3.63, 3.8) is 0 Å². The standard InChI is InChI=1S/C17H16BrN/c1-12-5-3-6-13(2)15(12)11-19-10-9-14-16(18)7-4-8-17(14)19/h3-10H,11H2,1-2H3. The normalized spacial score (nSPS) is 11.1. The molecule has 0 bridgehead atoms. The molecule has 0 aliphatic rings. The topological polar surface area (TPSA) is 4.93 Å². The van der Waals surface area contributed by atoms with Crippen molar-refractivity contribution in [2.24, 2.45) is 0 Å². The van der Waals surface area contributed by atoms with Gasteiger partial charge in [0, 0.05) is 28.1 Å². The Labute approximate surface area is 122 Å². The number of aryl methyl sites for hydroxylation is 2. The van der Waals surface area contributed by atoms with Gasteiger partial charge < -0.3 is 4.57 Å². The molecule has 1 aromatic heterocycles. The van der Waals surface area contributed by atoms with Crippen LogP contribution >= 0.6 is 15.9 Å². The summed E-state index contributed by atoms with van der Waals surface area (Å²) >= 11 is 3.61. The van der Waals surface area contributed by atoms with Crippen LogP contribution in [0.25, 0.3) is 10.9 Å². The van der Waals surface area contributed by atoms with Crippen LogP contribution in [0.3, 0.4) is 0 Å². The Balaban J connectivity index is 2.09. The van der Waals surface area contributed by atoms with Gasteiger partial charge in [-0.05, 0) is 48.7 Å². The van der Waals surface area contributed by atoms with Crippen molar-refractivity contribution in [1.82, 2.24) is 4.57 Å². The van der Waals surface area contributed by atoms with E-state index in [4.69, 9.17) is 0 Å². The largest absolute Gasteiger partial charge is 0.343 e. The van der Waals surface area contributed by atoms with Crippen molar-refractivity contribution in [3.8, 4) is 0 Å². The second-order valence-electron chi connectivity index (χ2n) is 4.99. The maximum absolute atomic E-state index is 3.61. The van der Waals surface area contributed by atoms with Crippen molar-refractivity contribution >= 4 is 26.8 Å². The maximum atomic E-state index is 3.61. The van der Waals surface area contributed by atoms with Crippen LogP contribution in [0.15, 0.2) is 53.1 Å². The van der Waals surface area contributed by atoms with Crippen LogP contribution in [0.5, 0.6) is 0 Å². The van der Waals surface area contributed by atoms with E-state index in [-0.39, 0.29) is 0 Å². The van der Waals surface area contributed by atoms with E-state index in [9.17, 15) is 0 Å². The number of rotatable bonds is 2. The minimum atomic E-state index is 0.929. The van der Waals surface area contributed by atoms with E-state index in [1.165, 1.54) is 27.6 Å². The molecule has 0 saturated heterocycles. The summed E-state index contributed by atoms with van der Waals surface area (Å²) in [6, 6.07) is 15.0. The molecule has 1 heterocycles. The quantitative estimate of drug-likeness (QED) is 0.622. The van der Waals surface area contributed by atoms with Gasteiger partial charge in [-0.1, -0.05) is 40.2 Å². The van der Waals surface area contributed by atoms with Crippen LogP contribution in [0.1, 0.15) is 16.7 Å². The molecule has 0 atom stereocenters. The summed E-state index contributed by atoms with van der Waals surface area (Å²) in [6.45, 7) is 5.30. The molecule has 0 fully saturated rings. The van der Waals surface area contributed by atoms with Gasteiger partial charge in [0.05, 0.1) is 0 Å². The third kappa shape index (κ3) is 2.21. The SMILES string of the molecule is Cc1cccc(C)c1Cn1ccc2c(Br)cccc21. The Hall–Kier alpha value is -1.54. The van der Waals surface area contributed by atoms with E-state index in [2.05, 4.69) is 83.0 Å². The molecule has 0 radical (unpaired) electrons. The summed E-state index contributed by atoms with van der Waals surface area (Å²) < 4.78 is 3.47. The summed E-state index contributed by atoms with van der Waals surface area (Å²) in [6.07, 6.45) is 2.17. The van der Waals surface area contributed by atoms with Gasteiger partial charge in [0.25, 0.3) is 0 Å². The molecule has 0 amide bonds. The molecule has 96 valence electrons. The first-order valence-electron chi connectivity index (χ1n) is 6.45. The third-order valence-corrected chi connectivity index (χ3v) is 4.42. The zero-order valence-corrected chi connectivity index (χ0v) is 12.7. The number of hydrogen-bond acceptors (Lipinski definition) is 0. The molecule has 19 heavy (non-hydrogen) atoms. The van der Waals surface area contributed by atoms with E-state index in [0.29, 0.717) is 0 Å². The van der Waals surface area contributed by atoms with Gasteiger partial charge in [-0.25, -0.2) is 0 Å². The van der Waals surface area contributed by atoms with Gasteiger partial charge in [-0.2, -0.15) is 0 Å². The van der Waals surface area contributed by atoms with Crippen molar-refractivity contribution in [2.75, 3.05) is 0 Å². The van der Waals surface area contributed by atoms with Gasteiger partial charge >= 0.3 is 0 Å². The Morgan fingerprint density at radius 3 is 2.37 bits per heavy atom. The maximum Gasteiger partial charge on any atom is 0.0494 e. The molecule has 0 saturated carbocycles. The van der Waals surface area contributed by atoms with E-state index < -0.39 is 0 Å². The minimum absolute atomic E-state index is 0.929. The zero-order chi connectivity index (χ0) is 13.4. The fraction of sp³-hybridized carbons (Fsp3) is 0.176. The lowest BCUT2D eigenvalue weighted by atomic mass is 10.0. The molecular weight excluding hydrogens is 298 g/mol. The summed E-state index contributed by atoms with van der Waals surface area (Å²) in [5.74, 6) is 0. The Morgan fingerprint density at radius 2 is 1.63 bits per heavy atom. The first kappa shape index (κ1) is 12.5. The molecule has 0 aliphatic carbocycles. The number of aromatic nitrogens is 1. The van der Waals surface area contributed by atoms with Gasteiger partial charge in [0.15, 0.2) is 0 Å². The zero-order valence-electron chi connectivity index (χ0n) is 11.2. The van der Waals surface area contributed by atoms with Crippen molar-refractivity contribution in [3.05, 3.63) is 69.8 Å². The van der Waals surface area contributed by atoms with Gasteiger partial charge in [0.2, 0.25) is 0 Å². The molecule has 0 spiro atoms. The molecule has 0 unspecified atom stereocenters. The van der Waals surface area contributed by atoms with E-state index >= 15 is 0 Å². The number of benzene rings is 2. The van der Waals surface area contributed by atoms with Crippen LogP contribution in [-0.2, 0) is 6.54 Å². The van der Waals surface area contributed by atoms with Crippen molar-refractivity contribution < 1.29 is 0 Å². The number of nitrogens with zero attached hydrogens (tertiary/aromatic N) is 1. The van der Waals surface area contributed by atoms with Crippen molar-refractivity contribution in [2.45, 2.75) is 20.4 Å². The smallest absolute Gasteiger partial charge is 0.0494 e. The molecule has 0 aliphatic heterocycles. The summed E-state index contributed by atoms with van der Waals surface area (Å²) in [7, 11) is 0. The second-order valence-corrected chi connectivity index (χ2v) is 5.84. The first-order chi connectivity index (χ1) is 9.16. The fourth-order valence-electron chi connectivity index (χ4n) is 2.59. The van der Waals surface area contributed by atoms with E-state index in [1.54, 1.807) is 0 Å². The monoisotopic (exact) mass is 313 g/mol. The predicted octanol–water partition coefficient (Wildman–Crippen LogP) is 5.07. The van der Waals surface area contributed by atoms with Crippen LogP contribution < -0.4 is 0 Å². The molecule has 3 rings (SSSR count). The summed E-state index contributed by atoms with van der Waals surface area (Å²) in [5.41, 5.74) is 5.41. The van der Waals surface area contributed by atoms with Crippen LogP contribution in [0.4, 0.5) is 0 Å². The molecule has 3 aromatic rings. The van der Waals surface area contributed by atoms with Crippen LogP contribution in [0, 0.1) is 13.8 Å². The van der Waals surface area contributed by atoms with Gasteiger partial charge in [0.1, 0.15) is 0 Å². The molecule has 0 N–H and O–H groups in total. The first-order valence-corrected chi connectivity index (χ1v) is 7.24. The summed E-state index contributed by atoms with van der Waals surface area (Å²) in [4.78, 5) is 0. The number of fused-ring (bicyclic) bond motifs is 1. The predicted molar refractivity (Wildman–Crippen MR) is 84.7 cm³/mol. The molecule has 1 nitrogen and oxygen atoms in total. The lowest BCUT2D eigenvalue weighted by Crippen LogP contribution is -2.02. The van der Waals surface area contributed by atoms with Gasteiger partial charge in [-0.3, -0.25) is 0 Å². The highest BCUT2D eigenvalue weighted by Gasteiger charge is 2.07. The van der Waals surface area contributed by atoms with Gasteiger partial charge in [-0.15, -0.1) is 0 Å². The summed E-state index contributed by atoms with van der Waals surface area (Å²) in [5, 5.41) is 1.27. The minimum Gasteiger partial charge on any atom is -0.343 e. The highest BCUT2D eigenvalue weighted by molar-refractivity contribution is 9.10. The Morgan fingerprint density at radius 1 is 0.947 bits per heavy atom. The molecule has 2 aromatic carbocycles. The Bertz CT molecular complexity index is 720. The second kappa shape index (κ2) is 4.86. The average molecular weight is 314 g/mol. The fourth-order valence-corrected chi connectivity index (χ4v) is 3.08. The highest BCUT2D eigenvalue weighted by Crippen LogP contribution is 2.26. The lowest BCUT2D eigenvalue weighted by molar-refractivity contribution is 0.823. The van der Waals surface area contributed by atoms with E-state index in [1.807, 2.05) is 0 Å². The van der Waals surface area contributed by atoms with E-state index in [0.717, 1.165) is 11.0 Å². The van der Waals surface area contributed by atoms with Crippen LogP contribution in [-0.4, -0.2) is 4.57 Å². The lowest BCUT2D eigenvalue weighted by Gasteiger charge is -2.12. The highest BCUT2D eigenvalue weighted by atomic mass is 79.9. The van der Waals surface area contributed by atoms with Crippen molar-refractivity contribution in [1.29, 1.82) is 0 Å².